The molecule has 386 valence electrons. The van der Waals surface area contributed by atoms with Gasteiger partial charge in [0.15, 0.2) is 0 Å². The quantitative estimate of drug-likeness (QED) is 0.122. The van der Waals surface area contributed by atoms with Crippen LogP contribution >= 0.6 is 31.9 Å². The number of phenolic OH excluding ortho intramolecular Hbond substituents is 1. The number of hydrogen-bond donors (Lipinski definition) is 1. The third kappa shape index (κ3) is 20.6. The molecule has 1 N–H and O–H groups in total. The van der Waals surface area contributed by atoms with Crippen molar-refractivity contribution < 1.29 is 23.0 Å². The van der Waals surface area contributed by atoms with Gasteiger partial charge in [0.2, 0.25) is 0 Å². The van der Waals surface area contributed by atoms with Crippen LogP contribution in [-0.4, -0.2) is 9.51 Å². The molecule has 7 aromatic rings. The molecule has 6 heteroatoms. The number of halogens is 2. The second kappa shape index (κ2) is 33.7. The monoisotopic (exact) mass is 1190 g/mol. The molecule has 73 heavy (non-hydrogen) atoms. The maximum atomic E-state index is 11.0. The number of allylic oxidation sites excluding steroid dienone is 4. The van der Waals surface area contributed by atoms with E-state index in [-0.39, 0.29) is 12.8 Å². The molecule has 1 aromatic heterocycles. The van der Waals surface area contributed by atoms with Gasteiger partial charge in [0.05, 0.1) is 4.47 Å². The predicted molar refractivity (Wildman–Crippen MR) is 323 cm³/mol. The van der Waals surface area contributed by atoms with Crippen molar-refractivity contribution in [1.29, 1.82) is 0 Å². The molecule has 0 saturated heterocycles. The molecule has 1 heterocycles. The molecule has 3 nitrogen and oxygen atoms in total. The SMILES string of the molecule is C.C/C=C\Cc1ccccc1.C=CC.C=CCc1ccccc1.Cc1c(Br)cc2c(c1-c1c(O)c(Br)cc3c1CCCC3)CCCC2.Cc1ccc(C)[n-]1.Cc1ccccc1[N]=[Mo]=[CH]C(C)(C)c1ccccc1. The fourth-order valence-corrected chi connectivity index (χ4v) is 11.3. The Kier molecular flexibility index (Phi) is 28.7. The van der Waals surface area contributed by atoms with Gasteiger partial charge in [-0.2, -0.15) is 11.4 Å². The molecule has 0 amide bonds. The van der Waals surface area contributed by atoms with E-state index in [2.05, 4.69) is 197 Å². The summed E-state index contributed by atoms with van der Waals surface area (Å²) in [4.78, 5) is 4.11. The summed E-state index contributed by atoms with van der Waals surface area (Å²) in [7, 11) is 0. The van der Waals surface area contributed by atoms with Gasteiger partial charge in [-0.3, -0.25) is 0 Å². The van der Waals surface area contributed by atoms with Gasteiger partial charge in [-0.05, 0) is 158 Å². The van der Waals surface area contributed by atoms with Crippen LogP contribution in [0, 0.1) is 27.7 Å². The average Bonchev–Trinajstić information content (AvgIpc) is 3.78. The third-order valence-electron chi connectivity index (χ3n) is 12.4. The Morgan fingerprint density at radius 2 is 1.10 bits per heavy atom. The summed E-state index contributed by atoms with van der Waals surface area (Å²) in [6, 6.07) is 48.2. The topological polar surface area (TPSA) is 46.7 Å². The summed E-state index contributed by atoms with van der Waals surface area (Å²) in [6.07, 6.45) is 19.4. The molecule has 0 aliphatic heterocycles. The van der Waals surface area contributed by atoms with Crippen molar-refractivity contribution in [1.82, 2.24) is 4.98 Å². The summed E-state index contributed by atoms with van der Waals surface area (Å²) in [5.41, 5.74) is 18.1. The zero-order chi connectivity index (χ0) is 52.3. The summed E-state index contributed by atoms with van der Waals surface area (Å²) in [5, 5.41) is 11.0. The van der Waals surface area contributed by atoms with Gasteiger partial charge in [-0.1, -0.05) is 134 Å². The Morgan fingerprint density at radius 3 is 1.59 bits per heavy atom. The Hall–Kier alpha value is -5.06. The van der Waals surface area contributed by atoms with Crippen LogP contribution in [0.1, 0.15) is 122 Å². The van der Waals surface area contributed by atoms with E-state index in [0.717, 1.165) is 65.6 Å². The van der Waals surface area contributed by atoms with Crippen molar-refractivity contribution in [2.45, 2.75) is 132 Å². The zero-order valence-corrected chi connectivity index (χ0v) is 49.3. The van der Waals surface area contributed by atoms with E-state index < -0.39 is 17.9 Å². The van der Waals surface area contributed by atoms with E-state index >= 15 is 0 Å². The Morgan fingerprint density at radius 1 is 0.630 bits per heavy atom. The third-order valence-corrected chi connectivity index (χ3v) is 16.3. The molecule has 0 fully saturated rings. The number of rotatable bonds is 8. The first-order chi connectivity index (χ1) is 34.7. The molecule has 2 aliphatic carbocycles. The number of hydrogen-bond acceptors (Lipinski definition) is 2. The number of nitrogens with zero attached hydrogens (tertiary/aromatic N) is 2. The average molecular weight is 1190 g/mol. The number of aromatic nitrogens is 1. The minimum absolute atomic E-state index is 0. The number of phenols is 1. The predicted octanol–water partition coefficient (Wildman–Crippen LogP) is 19.6. The van der Waals surface area contributed by atoms with Gasteiger partial charge in [0.25, 0.3) is 0 Å². The van der Waals surface area contributed by atoms with Crippen molar-refractivity contribution in [3.63, 3.8) is 0 Å². The fraction of sp³-hybridized carbons (Fsp3) is 0.299. The molecule has 0 bridgehead atoms. The number of benzene rings is 6. The first-order valence-corrected chi connectivity index (χ1v) is 29.0. The van der Waals surface area contributed by atoms with Crippen LogP contribution in [0.5, 0.6) is 5.75 Å². The molecule has 0 saturated carbocycles. The standard InChI is InChI=1S/C21H22Br2O.2C10H12.C9H10.C7H7N.C6H8N.C3H6.CH4.Mo/c1-12-17(22)10-13-6-2-4-8-15(13)19(12)20-16-9-5-3-7-14(16)11-18(23)21(20)24;1-10(2,3)9-7-5-4-6-8-9;1-2-3-7-10-8-5-4-6-9-10;1-2-6-9-7-4-3-5-8-9;1-6-4-2-3-5-7(6)8;1-5-3-4-6(2)7-5;1-3-2;;/h10-11,24H,2-9H2,1H3;1,4-8H,2-3H3;2-6,8-9H,7H2,1H3;2-5,7-8H,1,6H2;2-5H,1H3;3-4H,1-2H3;3H,1H2,2H3;1H4;/q;;;;;-1;;;/b;;3-2-;;;;;;. The van der Waals surface area contributed by atoms with Crippen molar-refractivity contribution in [3.05, 3.63) is 247 Å². The van der Waals surface area contributed by atoms with Crippen molar-refractivity contribution in [2.75, 3.05) is 0 Å². The van der Waals surface area contributed by atoms with Gasteiger partial charge in [-0.15, -0.1) is 13.2 Å². The van der Waals surface area contributed by atoms with Crippen molar-refractivity contribution >= 4 is 41.9 Å². The molecule has 0 atom stereocenters. The van der Waals surface area contributed by atoms with E-state index in [1.165, 1.54) is 85.8 Å². The van der Waals surface area contributed by atoms with E-state index in [1.54, 1.807) is 6.08 Å². The molecule has 0 unspecified atom stereocenters. The molecular weight excluding hydrogens is 1100 g/mol. The Balaban J connectivity index is 0.000000254. The molecular formula is C67H81Br2MoN2O-. The summed E-state index contributed by atoms with van der Waals surface area (Å²) < 4.78 is 9.20. The van der Waals surface area contributed by atoms with E-state index in [0.29, 0.717) is 5.75 Å². The number of aromatic hydroxyl groups is 1. The normalized spacial score (nSPS) is 11.9. The van der Waals surface area contributed by atoms with Crippen LogP contribution in [0.3, 0.4) is 0 Å². The van der Waals surface area contributed by atoms with Crippen LogP contribution in [0.2, 0.25) is 0 Å². The van der Waals surface area contributed by atoms with Crippen LogP contribution < -0.4 is 4.98 Å². The van der Waals surface area contributed by atoms with Crippen LogP contribution in [0.15, 0.2) is 189 Å². The summed E-state index contributed by atoms with van der Waals surface area (Å²) in [6.45, 7) is 23.8. The zero-order valence-electron chi connectivity index (χ0n) is 44.2. The first kappa shape index (κ1) is 62.2. The summed E-state index contributed by atoms with van der Waals surface area (Å²) >= 11 is 6.89. The number of fused-ring (bicyclic) bond motifs is 2. The molecule has 2 aliphatic rings. The van der Waals surface area contributed by atoms with Crippen LogP contribution in [0.25, 0.3) is 11.1 Å². The first-order valence-electron chi connectivity index (χ1n) is 25.3. The fourth-order valence-electron chi connectivity index (χ4n) is 8.50. The van der Waals surface area contributed by atoms with Gasteiger partial charge in [0.1, 0.15) is 5.75 Å². The van der Waals surface area contributed by atoms with Gasteiger partial charge < -0.3 is 10.1 Å². The Bertz CT molecular complexity index is 2750. The summed E-state index contributed by atoms with van der Waals surface area (Å²) in [5.74, 6) is 0.421. The molecule has 0 radical (unpaired) electrons. The van der Waals surface area contributed by atoms with Crippen LogP contribution in [0.4, 0.5) is 5.69 Å². The van der Waals surface area contributed by atoms with E-state index in [1.807, 2.05) is 70.2 Å². The van der Waals surface area contributed by atoms with Crippen molar-refractivity contribution in [3.8, 4) is 16.9 Å². The Labute approximate surface area is 466 Å². The van der Waals surface area contributed by atoms with Crippen LogP contribution in [-0.2, 0) is 61.9 Å². The minimum atomic E-state index is -0.473. The maximum absolute atomic E-state index is 11.0. The van der Waals surface area contributed by atoms with Gasteiger partial charge in [0, 0.05) is 10.0 Å². The number of aryl methyl sites for hydroxylation is 5. The van der Waals surface area contributed by atoms with E-state index in [4.69, 9.17) is 3.50 Å². The van der Waals surface area contributed by atoms with Gasteiger partial charge >= 0.3 is 123 Å². The van der Waals surface area contributed by atoms with Crippen molar-refractivity contribution in [2.24, 2.45) is 3.50 Å². The van der Waals surface area contributed by atoms with E-state index in [9.17, 15) is 5.11 Å². The molecule has 9 rings (SSSR count). The molecule has 0 spiro atoms. The van der Waals surface area contributed by atoms with Gasteiger partial charge in [-0.25, -0.2) is 0 Å². The molecule has 6 aromatic carbocycles. The second-order valence-corrected chi connectivity index (χ2v) is 21.9. The second-order valence-electron chi connectivity index (χ2n) is 18.7.